The third-order valence-corrected chi connectivity index (χ3v) is 5.38. The molecule has 0 N–H and O–H groups in total. The van der Waals surface area contributed by atoms with Crippen molar-refractivity contribution >= 4 is 11.6 Å². The van der Waals surface area contributed by atoms with Crippen LogP contribution in [0.5, 0.6) is 5.75 Å². The summed E-state index contributed by atoms with van der Waals surface area (Å²) in [5, 5.41) is 8.18. The minimum absolute atomic E-state index is 0.0341. The van der Waals surface area contributed by atoms with Gasteiger partial charge in [-0.1, -0.05) is 23.2 Å². The molecular weight excluding hydrogens is 358 g/mol. The van der Waals surface area contributed by atoms with Gasteiger partial charge in [-0.3, -0.25) is 4.79 Å². The molecule has 1 saturated heterocycles. The fourth-order valence-corrected chi connectivity index (χ4v) is 3.86. The lowest BCUT2D eigenvalue weighted by Crippen LogP contribution is -2.41. The van der Waals surface area contributed by atoms with Crippen LogP contribution in [0.4, 0.5) is 0 Å². The van der Waals surface area contributed by atoms with Crippen LogP contribution in [0.25, 0.3) is 0 Å². The van der Waals surface area contributed by atoms with E-state index in [2.05, 4.69) is 10.3 Å². The van der Waals surface area contributed by atoms with E-state index in [9.17, 15) is 4.79 Å². The van der Waals surface area contributed by atoms with E-state index in [1.54, 1.807) is 7.11 Å². The Labute approximate surface area is 164 Å². The smallest absolute Gasteiger partial charge is 0.267 e. The second-order valence-corrected chi connectivity index (χ2v) is 7.33. The Balaban J connectivity index is 1.48. The Morgan fingerprint density at radius 1 is 1.21 bits per heavy atom. The number of nitrogens with zero attached hydrogens (tertiary/aromatic N) is 3. The molecule has 7 nitrogen and oxygen atoms in total. The van der Waals surface area contributed by atoms with E-state index in [0.717, 1.165) is 54.2 Å². The third kappa shape index (κ3) is 3.74. The summed E-state index contributed by atoms with van der Waals surface area (Å²) in [6.45, 7) is 2.59. The first-order chi connectivity index (χ1) is 13.7. The van der Waals surface area contributed by atoms with Crippen LogP contribution in [0.2, 0.25) is 0 Å². The molecule has 2 aliphatic rings. The van der Waals surface area contributed by atoms with Crippen LogP contribution in [-0.2, 0) is 9.63 Å². The number of amides is 1. The number of benzene rings is 1. The average molecular weight is 383 g/mol. The van der Waals surface area contributed by atoms with E-state index in [1.807, 2.05) is 42.2 Å². The molecule has 0 radical (unpaired) electrons. The van der Waals surface area contributed by atoms with Gasteiger partial charge in [-0.15, -0.1) is 0 Å². The molecule has 0 unspecified atom stereocenters. The highest BCUT2D eigenvalue weighted by Gasteiger charge is 2.37. The summed E-state index contributed by atoms with van der Waals surface area (Å²) in [6.07, 6.45) is 3.89. The molecule has 2 atom stereocenters. The lowest BCUT2D eigenvalue weighted by molar-refractivity contribution is -0.145. The zero-order valence-corrected chi connectivity index (χ0v) is 16.3. The van der Waals surface area contributed by atoms with E-state index in [-0.39, 0.29) is 11.9 Å². The molecular formula is C21H25N3O4. The van der Waals surface area contributed by atoms with Crippen molar-refractivity contribution in [2.75, 3.05) is 13.7 Å². The van der Waals surface area contributed by atoms with Gasteiger partial charge in [0.05, 0.1) is 24.6 Å². The van der Waals surface area contributed by atoms with Crippen molar-refractivity contribution in [1.29, 1.82) is 0 Å². The van der Waals surface area contributed by atoms with Gasteiger partial charge in [0.25, 0.3) is 5.91 Å². The van der Waals surface area contributed by atoms with Crippen molar-refractivity contribution in [2.45, 2.75) is 51.2 Å². The van der Waals surface area contributed by atoms with Crippen LogP contribution in [0, 0.1) is 6.92 Å². The van der Waals surface area contributed by atoms with Crippen molar-refractivity contribution in [1.82, 2.24) is 10.1 Å². The Morgan fingerprint density at radius 3 is 2.75 bits per heavy atom. The number of methoxy groups -OCH3 is 1. The Morgan fingerprint density at radius 2 is 2.04 bits per heavy atom. The Kier molecular flexibility index (Phi) is 5.32. The standard InChI is InChI=1S/C21H25N3O4/c1-14-12-19(27-22-14)18-6-4-3-5-11-24(18)21(25)20-13-17(23-28-20)15-7-9-16(26-2)10-8-15/h7-10,12,18,20H,3-6,11,13H2,1-2H3/t18-,20+/m0/s1. The molecule has 0 saturated carbocycles. The Bertz CT molecular complexity index is 859. The molecule has 28 heavy (non-hydrogen) atoms. The van der Waals surface area contributed by atoms with Crippen LogP contribution in [0.15, 0.2) is 40.0 Å². The van der Waals surface area contributed by atoms with Crippen molar-refractivity contribution < 1.29 is 18.9 Å². The van der Waals surface area contributed by atoms with Gasteiger partial charge in [-0.2, -0.15) is 0 Å². The normalized spacial score (nSPS) is 22.4. The largest absolute Gasteiger partial charge is 0.497 e. The van der Waals surface area contributed by atoms with E-state index >= 15 is 0 Å². The van der Waals surface area contributed by atoms with Crippen molar-refractivity contribution in [3.05, 3.63) is 47.3 Å². The maximum absolute atomic E-state index is 13.3. The van der Waals surface area contributed by atoms with Gasteiger partial charge in [0.2, 0.25) is 6.10 Å². The molecule has 148 valence electrons. The molecule has 2 aromatic rings. The molecule has 3 heterocycles. The first-order valence-electron chi connectivity index (χ1n) is 9.76. The number of oxime groups is 1. The topological polar surface area (TPSA) is 77.2 Å². The number of aromatic nitrogens is 1. The summed E-state index contributed by atoms with van der Waals surface area (Å²) < 4.78 is 10.7. The quantitative estimate of drug-likeness (QED) is 0.806. The van der Waals surface area contributed by atoms with E-state index in [4.69, 9.17) is 14.1 Å². The lowest BCUT2D eigenvalue weighted by atomic mass is 10.0. The average Bonchev–Trinajstić information content (AvgIpc) is 3.31. The molecule has 2 aliphatic heterocycles. The molecule has 0 spiro atoms. The van der Waals surface area contributed by atoms with Gasteiger partial charge >= 0.3 is 0 Å². The molecule has 1 aromatic heterocycles. The van der Waals surface area contributed by atoms with Gasteiger partial charge in [-0.05, 0) is 49.6 Å². The minimum atomic E-state index is -0.596. The number of hydrogen-bond donors (Lipinski definition) is 0. The fraction of sp³-hybridized carbons (Fsp3) is 0.476. The summed E-state index contributed by atoms with van der Waals surface area (Å²) in [6, 6.07) is 9.45. The van der Waals surface area contributed by atoms with Gasteiger partial charge in [-0.25, -0.2) is 0 Å². The molecule has 1 amide bonds. The van der Waals surface area contributed by atoms with E-state index in [1.165, 1.54) is 0 Å². The highest BCUT2D eigenvalue weighted by atomic mass is 16.6. The number of likely N-dealkylation sites (tertiary alicyclic amines) is 1. The number of aryl methyl sites for hydroxylation is 1. The third-order valence-electron chi connectivity index (χ3n) is 5.38. The first-order valence-corrected chi connectivity index (χ1v) is 9.76. The maximum Gasteiger partial charge on any atom is 0.267 e. The van der Waals surface area contributed by atoms with Crippen LogP contribution in [0.3, 0.4) is 0 Å². The zero-order valence-electron chi connectivity index (χ0n) is 16.3. The second-order valence-electron chi connectivity index (χ2n) is 7.33. The minimum Gasteiger partial charge on any atom is -0.497 e. The van der Waals surface area contributed by atoms with E-state index in [0.29, 0.717) is 13.0 Å². The monoisotopic (exact) mass is 383 g/mol. The lowest BCUT2D eigenvalue weighted by Gasteiger charge is -2.29. The van der Waals surface area contributed by atoms with Gasteiger partial charge in [0, 0.05) is 19.0 Å². The summed E-state index contributed by atoms with van der Waals surface area (Å²) in [7, 11) is 1.63. The molecule has 1 fully saturated rings. The number of ether oxygens (including phenoxy) is 1. The maximum atomic E-state index is 13.3. The fourth-order valence-electron chi connectivity index (χ4n) is 3.86. The predicted octanol–water partition coefficient (Wildman–Crippen LogP) is 3.63. The SMILES string of the molecule is COc1ccc(C2=NO[C@@H](C(=O)N3CCCCC[C@H]3c3cc(C)no3)C2)cc1. The second kappa shape index (κ2) is 8.04. The molecule has 1 aromatic carbocycles. The molecule has 0 aliphatic carbocycles. The Hall–Kier alpha value is -2.83. The number of hydrogen-bond acceptors (Lipinski definition) is 6. The predicted molar refractivity (Wildman–Crippen MR) is 103 cm³/mol. The van der Waals surface area contributed by atoms with Crippen LogP contribution < -0.4 is 4.74 Å². The zero-order chi connectivity index (χ0) is 19.5. The number of rotatable bonds is 4. The highest BCUT2D eigenvalue weighted by Crippen LogP contribution is 2.32. The van der Waals surface area contributed by atoms with Gasteiger partial charge in [0.15, 0.2) is 5.76 Å². The summed E-state index contributed by atoms with van der Waals surface area (Å²) in [4.78, 5) is 20.7. The van der Waals surface area contributed by atoms with Crippen molar-refractivity contribution in [3.8, 4) is 5.75 Å². The molecule has 7 heteroatoms. The summed E-state index contributed by atoms with van der Waals surface area (Å²) in [5.74, 6) is 1.50. The van der Waals surface area contributed by atoms with Crippen molar-refractivity contribution in [3.63, 3.8) is 0 Å². The molecule has 0 bridgehead atoms. The van der Waals surface area contributed by atoms with Crippen LogP contribution in [0.1, 0.15) is 55.2 Å². The van der Waals surface area contributed by atoms with E-state index < -0.39 is 6.10 Å². The van der Waals surface area contributed by atoms with Crippen LogP contribution >= 0.6 is 0 Å². The van der Waals surface area contributed by atoms with Crippen molar-refractivity contribution in [2.24, 2.45) is 5.16 Å². The van der Waals surface area contributed by atoms with Gasteiger partial charge in [0.1, 0.15) is 5.75 Å². The summed E-state index contributed by atoms with van der Waals surface area (Å²) >= 11 is 0. The number of carbonyl (C=O) groups is 1. The molecule has 4 rings (SSSR count). The van der Waals surface area contributed by atoms with Gasteiger partial charge < -0.3 is 19.0 Å². The highest BCUT2D eigenvalue weighted by molar-refractivity contribution is 6.04. The first kappa shape index (κ1) is 18.5. The number of carbonyl (C=O) groups excluding carboxylic acids is 1. The summed E-state index contributed by atoms with van der Waals surface area (Å²) in [5.41, 5.74) is 2.55. The van der Waals surface area contributed by atoms with Crippen LogP contribution in [-0.4, -0.2) is 41.4 Å².